The minimum Gasteiger partial charge on any atom is -0.459 e. The first-order valence-electron chi connectivity index (χ1n) is 5.93. The van der Waals surface area contributed by atoms with E-state index in [2.05, 4.69) is 5.32 Å². The maximum absolute atomic E-state index is 12.0. The third-order valence-electron chi connectivity index (χ3n) is 2.69. The van der Waals surface area contributed by atoms with E-state index in [0.717, 1.165) is 4.90 Å². The average molecular weight is 278 g/mol. The van der Waals surface area contributed by atoms with Crippen LogP contribution in [0.1, 0.15) is 18.4 Å². The Kier molecular flexibility index (Phi) is 3.99. The molecule has 1 fully saturated rings. The van der Waals surface area contributed by atoms with Crippen molar-refractivity contribution in [2.75, 3.05) is 13.7 Å². The number of rotatable bonds is 3. The van der Waals surface area contributed by atoms with Gasteiger partial charge in [-0.05, 0) is 12.1 Å². The molecule has 1 aliphatic heterocycles. The topological polar surface area (TPSA) is 88.9 Å². The van der Waals surface area contributed by atoms with Crippen molar-refractivity contribution in [1.82, 2.24) is 10.2 Å². The largest absolute Gasteiger partial charge is 0.459 e. The Morgan fingerprint density at radius 3 is 2.90 bits per heavy atom. The molecule has 1 aliphatic rings. The van der Waals surface area contributed by atoms with Gasteiger partial charge in [-0.3, -0.25) is 19.3 Å². The molecule has 0 radical (unpaired) electrons. The van der Waals surface area contributed by atoms with Gasteiger partial charge in [0.25, 0.3) is 5.91 Å². The first kappa shape index (κ1) is 14.0. The third kappa shape index (κ3) is 2.94. The molecule has 0 aliphatic carbocycles. The van der Waals surface area contributed by atoms with Crippen molar-refractivity contribution in [3.63, 3.8) is 0 Å². The molecule has 0 aromatic carbocycles. The minimum atomic E-state index is -0.554. The summed E-state index contributed by atoms with van der Waals surface area (Å²) in [5.74, 6) is -0.463. The molecular formula is C13H14N2O5. The molecule has 7 nitrogen and oxygen atoms in total. The zero-order chi connectivity index (χ0) is 14.7. The summed E-state index contributed by atoms with van der Waals surface area (Å²) >= 11 is 0. The zero-order valence-electron chi connectivity index (χ0n) is 11.1. The summed E-state index contributed by atoms with van der Waals surface area (Å²) in [5.41, 5.74) is 0.00904. The number of carbonyl (C=O) groups excluding carboxylic acids is 3. The average Bonchev–Trinajstić information content (AvgIpc) is 2.81. The summed E-state index contributed by atoms with van der Waals surface area (Å²) in [6.07, 6.45) is 1.38. The quantitative estimate of drug-likeness (QED) is 0.802. The first-order valence-corrected chi connectivity index (χ1v) is 5.93. The molecule has 0 unspecified atom stereocenters. The number of hydrogen-bond donors (Lipinski definition) is 1. The standard InChI is InChI=1S/C13H14N2O5/c1-8(16)15-6-12(17)14-11(13(15)18)5-9-3-4-10(20-9)7-19-2/h3-5H,6-7H2,1-2H3,(H,14,17)/b11-5-. The number of imide groups is 1. The van der Waals surface area contributed by atoms with Gasteiger partial charge in [0.05, 0.1) is 0 Å². The van der Waals surface area contributed by atoms with Crippen LogP contribution >= 0.6 is 0 Å². The summed E-state index contributed by atoms with van der Waals surface area (Å²) in [6, 6.07) is 3.35. The van der Waals surface area contributed by atoms with Gasteiger partial charge in [0.1, 0.15) is 30.4 Å². The SMILES string of the molecule is COCc1ccc(/C=C2\NC(=O)CN(C(C)=O)C2=O)o1. The number of nitrogens with one attached hydrogen (secondary N) is 1. The minimum absolute atomic E-state index is 0.00904. The Morgan fingerprint density at radius 1 is 1.50 bits per heavy atom. The van der Waals surface area contributed by atoms with Gasteiger partial charge >= 0.3 is 0 Å². The van der Waals surface area contributed by atoms with Crippen LogP contribution in [0.4, 0.5) is 0 Å². The molecule has 1 saturated heterocycles. The molecule has 0 saturated carbocycles. The molecule has 20 heavy (non-hydrogen) atoms. The van der Waals surface area contributed by atoms with Crippen LogP contribution in [0.3, 0.4) is 0 Å². The van der Waals surface area contributed by atoms with Crippen molar-refractivity contribution in [3.8, 4) is 0 Å². The first-order chi connectivity index (χ1) is 9.51. The molecular weight excluding hydrogens is 264 g/mol. The lowest BCUT2D eigenvalue weighted by molar-refractivity contribution is -0.147. The van der Waals surface area contributed by atoms with Crippen molar-refractivity contribution in [2.45, 2.75) is 13.5 Å². The van der Waals surface area contributed by atoms with Crippen molar-refractivity contribution < 1.29 is 23.5 Å². The number of carbonyl (C=O) groups is 3. The van der Waals surface area contributed by atoms with Gasteiger partial charge in [-0.2, -0.15) is 0 Å². The van der Waals surface area contributed by atoms with Crippen LogP contribution in [-0.2, 0) is 25.7 Å². The number of methoxy groups -OCH3 is 1. The van der Waals surface area contributed by atoms with Crippen LogP contribution in [0.25, 0.3) is 6.08 Å². The number of ether oxygens (including phenoxy) is 1. The molecule has 7 heteroatoms. The van der Waals surface area contributed by atoms with E-state index in [4.69, 9.17) is 9.15 Å². The van der Waals surface area contributed by atoms with Gasteiger partial charge < -0.3 is 14.5 Å². The van der Waals surface area contributed by atoms with Gasteiger partial charge in [0.15, 0.2) is 0 Å². The fourth-order valence-electron chi connectivity index (χ4n) is 1.79. The van der Waals surface area contributed by atoms with Crippen LogP contribution in [0.2, 0.25) is 0 Å². The number of hydrogen-bond acceptors (Lipinski definition) is 5. The monoisotopic (exact) mass is 278 g/mol. The Morgan fingerprint density at radius 2 is 2.25 bits per heavy atom. The van der Waals surface area contributed by atoms with E-state index in [9.17, 15) is 14.4 Å². The Hall–Kier alpha value is -2.41. The summed E-state index contributed by atoms with van der Waals surface area (Å²) in [6.45, 7) is 1.28. The fourth-order valence-corrected chi connectivity index (χ4v) is 1.79. The number of nitrogens with zero attached hydrogens (tertiary/aromatic N) is 1. The molecule has 1 N–H and O–H groups in total. The highest BCUT2D eigenvalue weighted by molar-refractivity contribution is 6.12. The molecule has 3 amide bonds. The highest BCUT2D eigenvalue weighted by Crippen LogP contribution is 2.15. The predicted octanol–water partition coefficient (Wildman–Crippen LogP) is 0.272. The van der Waals surface area contributed by atoms with Gasteiger partial charge in [0.2, 0.25) is 11.8 Å². The van der Waals surface area contributed by atoms with Gasteiger partial charge in [-0.25, -0.2) is 0 Å². The van der Waals surface area contributed by atoms with E-state index in [1.54, 1.807) is 12.1 Å². The highest BCUT2D eigenvalue weighted by Gasteiger charge is 2.30. The van der Waals surface area contributed by atoms with E-state index < -0.39 is 17.7 Å². The molecule has 0 atom stereocenters. The van der Waals surface area contributed by atoms with Gasteiger partial charge in [-0.1, -0.05) is 0 Å². The lowest BCUT2D eigenvalue weighted by Crippen LogP contribution is -2.51. The summed E-state index contributed by atoms with van der Waals surface area (Å²) in [4.78, 5) is 35.7. The summed E-state index contributed by atoms with van der Waals surface area (Å²) in [5, 5.41) is 2.43. The lowest BCUT2D eigenvalue weighted by Gasteiger charge is -2.25. The van der Waals surface area contributed by atoms with Crippen molar-refractivity contribution in [3.05, 3.63) is 29.4 Å². The maximum Gasteiger partial charge on any atom is 0.277 e. The van der Waals surface area contributed by atoms with Gasteiger partial charge in [-0.15, -0.1) is 0 Å². The highest BCUT2D eigenvalue weighted by atomic mass is 16.5. The number of furan rings is 1. The second-order valence-electron chi connectivity index (χ2n) is 4.25. The van der Waals surface area contributed by atoms with E-state index in [1.165, 1.54) is 20.1 Å². The molecule has 106 valence electrons. The van der Waals surface area contributed by atoms with Crippen LogP contribution < -0.4 is 5.32 Å². The predicted molar refractivity (Wildman–Crippen MR) is 67.9 cm³/mol. The van der Waals surface area contributed by atoms with Crippen LogP contribution in [-0.4, -0.2) is 36.3 Å². The normalized spacial score (nSPS) is 17.5. The second-order valence-corrected chi connectivity index (χ2v) is 4.25. The Labute approximate surface area is 115 Å². The van der Waals surface area contributed by atoms with Crippen molar-refractivity contribution >= 4 is 23.8 Å². The lowest BCUT2D eigenvalue weighted by atomic mass is 10.2. The van der Waals surface area contributed by atoms with Crippen LogP contribution in [0, 0.1) is 0 Å². The van der Waals surface area contributed by atoms with Crippen LogP contribution in [0.5, 0.6) is 0 Å². The number of piperazine rings is 1. The Balaban J connectivity index is 2.24. The fraction of sp³-hybridized carbons (Fsp3) is 0.308. The van der Waals surface area contributed by atoms with E-state index in [0.29, 0.717) is 18.1 Å². The zero-order valence-corrected chi connectivity index (χ0v) is 11.1. The molecule has 0 spiro atoms. The molecule has 0 bridgehead atoms. The van der Waals surface area contributed by atoms with Crippen LogP contribution in [0.15, 0.2) is 22.2 Å². The molecule has 1 aromatic rings. The molecule has 2 rings (SSSR count). The van der Waals surface area contributed by atoms with E-state index in [1.807, 2.05) is 0 Å². The Bertz CT molecular complexity index is 587. The third-order valence-corrected chi connectivity index (χ3v) is 2.69. The maximum atomic E-state index is 12.0. The number of amides is 3. The van der Waals surface area contributed by atoms with Crippen molar-refractivity contribution in [1.29, 1.82) is 0 Å². The second kappa shape index (κ2) is 5.70. The van der Waals surface area contributed by atoms with E-state index >= 15 is 0 Å². The van der Waals surface area contributed by atoms with Crippen molar-refractivity contribution in [2.24, 2.45) is 0 Å². The molecule has 1 aromatic heterocycles. The van der Waals surface area contributed by atoms with E-state index in [-0.39, 0.29) is 12.2 Å². The smallest absolute Gasteiger partial charge is 0.277 e. The summed E-state index contributed by atoms with van der Waals surface area (Å²) in [7, 11) is 1.54. The summed E-state index contributed by atoms with van der Waals surface area (Å²) < 4.78 is 10.3. The van der Waals surface area contributed by atoms with Gasteiger partial charge in [0, 0.05) is 20.1 Å². The molecule has 2 heterocycles.